The summed E-state index contributed by atoms with van der Waals surface area (Å²) in [5.74, 6) is -1.09. The van der Waals surface area contributed by atoms with E-state index in [9.17, 15) is 19.8 Å². The molecule has 0 aromatic heterocycles. The molecular weight excluding hydrogens is 334 g/mol. The smallest absolute Gasteiger partial charge is 0.408 e. The number of phenolic OH excluding ortho intramolecular Hbond substituents is 1. The molecule has 0 saturated carbocycles. The van der Waals surface area contributed by atoms with Gasteiger partial charge in [-0.1, -0.05) is 35.9 Å². The lowest BCUT2D eigenvalue weighted by molar-refractivity contribution is -0.139. The van der Waals surface area contributed by atoms with E-state index in [1.165, 1.54) is 12.1 Å². The number of amides is 1. The Morgan fingerprint density at radius 2 is 1.62 bits per heavy atom. The second kappa shape index (κ2) is 8.21. The summed E-state index contributed by atoms with van der Waals surface area (Å²) in [5, 5.41) is 21.3. The number of halogens is 1. The summed E-state index contributed by atoms with van der Waals surface area (Å²) >= 11 is 5.76. The van der Waals surface area contributed by atoms with Crippen LogP contribution >= 0.6 is 11.6 Å². The van der Waals surface area contributed by atoms with Crippen molar-refractivity contribution in [1.82, 2.24) is 5.32 Å². The molecule has 2 aromatic carbocycles. The molecule has 126 valence electrons. The molecule has 0 aliphatic rings. The van der Waals surface area contributed by atoms with E-state index in [4.69, 9.17) is 16.3 Å². The van der Waals surface area contributed by atoms with Crippen LogP contribution in [0.3, 0.4) is 0 Å². The first-order valence-electron chi connectivity index (χ1n) is 7.12. The van der Waals surface area contributed by atoms with Gasteiger partial charge in [0.15, 0.2) is 0 Å². The van der Waals surface area contributed by atoms with Crippen molar-refractivity contribution in [1.29, 1.82) is 0 Å². The van der Waals surface area contributed by atoms with Crippen LogP contribution in [0, 0.1) is 0 Å². The van der Waals surface area contributed by atoms with Gasteiger partial charge in [-0.2, -0.15) is 0 Å². The highest BCUT2D eigenvalue weighted by molar-refractivity contribution is 6.30. The molecule has 2 aromatic rings. The summed E-state index contributed by atoms with van der Waals surface area (Å²) in [6.07, 6.45) is -0.748. The van der Waals surface area contributed by atoms with E-state index in [1.807, 2.05) is 0 Å². The molecule has 1 amide bonds. The van der Waals surface area contributed by atoms with Gasteiger partial charge in [0.1, 0.15) is 18.4 Å². The van der Waals surface area contributed by atoms with E-state index < -0.39 is 18.1 Å². The zero-order valence-electron chi connectivity index (χ0n) is 12.6. The predicted molar refractivity (Wildman–Crippen MR) is 88.0 cm³/mol. The monoisotopic (exact) mass is 349 g/mol. The predicted octanol–water partition coefficient (Wildman–Crippen LogP) is 2.97. The van der Waals surface area contributed by atoms with Gasteiger partial charge in [0, 0.05) is 11.4 Å². The topological polar surface area (TPSA) is 95.9 Å². The first-order valence-corrected chi connectivity index (χ1v) is 7.50. The van der Waals surface area contributed by atoms with Gasteiger partial charge in [-0.05, 0) is 35.4 Å². The van der Waals surface area contributed by atoms with Gasteiger partial charge in [0.05, 0.1) is 0 Å². The molecule has 3 N–H and O–H groups in total. The van der Waals surface area contributed by atoms with Crippen molar-refractivity contribution >= 4 is 23.7 Å². The minimum Gasteiger partial charge on any atom is -0.508 e. The quantitative estimate of drug-likeness (QED) is 0.745. The number of alkyl carbamates (subject to hydrolysis) is 1. The standard InChI is InChI=1S/C17H16ClNO5/c18-13-5-1-12(2-6-13)10-24-17(23)19-15(16(21)22)9-11-3-7-14(20)8-4-11/h1-8,15,20H,9-10H2,(H,19,23)(H,21,22). The zero-order chi connectivity index (χ0) is 17.5. The number of benzene rings is 2. The minimum absolute atomic E-state index is 0.00848. The molecule has 0 aliphatic heterocycles. The van der Waals surface area contributed by atoms with Crippen LogP contribution in [-0.2, 0) is 22.6 Å². The fourth-order valence-corrected chi connectivity index (χ4v) is 2.11. The third-order valence-electron chi connectivity index (χ3n) is 3.25. The van der Waals surface area contributed by atoms with Gasteiger partial charge in [0.25, 0.3) is 0 Å². The molecule has 0 heterocycles. The first-order chi connectivity index (χ1) is 11.4. The van der Waals surface area contributed by atoms with E-state index in [0.29, 0.717) is 10.6 Å². The van der Waals surface area contributed by atoms with Crippen molar-refractivity contribution in [2.45, 2.75) is 19.1 Å². The summed E-state index contributed by atoms with van der Waals surface area (Å²) in [7, 11) is 0. The first kappa shape index (κ1) is 17.6. The summed E-state index contributed by atoms with van der Waals surface area (Å²) in [6, 6.07) is 11.7. The molecule has 24 heavy (non-hydrogen) atoms. The average molecular weight is 350 g/mol. The van der Waals surface area contributed by atoms with Crippen molar-refractivity contribution < 1.29 is 24.5 Å². The van der Waals surface area contributed by atoms with Crippen LogP contribution in [0.25, 0.3) is 0 Å². The van der Waals surface area contributed by atoms with Crippen LogP contribution in [0.15, 0.2) is 48.5 Å². The van der Waals surface area contributed by atoms with Gasteiger partial charge < -0.3 is 20.3 Å². The molecular formula is C17H16ClNO5. The van der Waals surface area contributed by atoms with Crippen molar-refractivity contribution in [3.05, 3.63) is 64.7 Å². The summed E-state index contributed by atoms with van der Waals surface area (Å²) < 4.78 is 5.01. The average Bonchev–Trinajstić information content (AvgIpc) is 2.55. The third-order valence-corrected chi connectivity index (χ3v) is 3.50. The Bertz CT molecular complexity index is 700. The lowest BCUT2D eigenvalue weighted by Crippen LogP contribution is -2.42. The molecule has 6 nitrogen and oxygen atoms in total. The molecule has 0 aliphatic carbocycles. The minimum atomic E-state index is -1.17. The number of carbonyl (C=O) groups is 2. The number of nitrogens with one attached hydrogen (secondary N) is 1. The fraction of sp³-hybridized carbons (Fsp3) is 0.176. The molecule has 0 spiro atoms. The van der Waals surface area contributed by atoms with Gasteiger partial charge in [-0.25, -0.2) is 9.59 Å². The van der Waals surface area contributed by atoms with Gasteiger partial charge >= 0.3 is 12.1 Å². The van der Waals surface area contributed by atoms with E-state index >= 15 is 0 Å². The Balaban J connectivity index is 1.89. The lowest BCUT2D eigenvalue weighted by Gasteiger charge is -2.15. The molecule has 2 rings (SSSR count). The van der Waals surface area contributed by atoms with Crippen molar-refractivity contribution in [2.24, 2.45) is 0 Å². The summed E-state index contributed by atoms with van der Waals surface area (Å²) in [5.41, 5.74) is 1.40. The number of hydrogen-bond donors (Lipinski definition) is 3. The SMILES string of the molecule is O=C(NC(Cc1ccc(O)cc1)C(=O)O)OCc1ccc(Cl)cc1. The highest BCUT2D eigenvalue weighted by Crippen LogP contribution is 2.12. The highest BCUT2D eigenvalue weighted by atomic mass is 35.5. The second-order valence-corrected chi connectivity index (χ2v) is 5.54. The van der Waals surface area contributed by atoms with Crippen LogP contribution in [-0.4, -0.2) is 28.3 Å². The van der Waals surface area contributed by atoms with Crippen LogP contribution in [0.4, 0.5) is 4.79 Å². The number of carbonyl (C=O) groups excluding carboxylic acids is 1. The maximum atomic E-state index is 11.8. The molecule has 0 bridgehead atoms. The Morgan fingerprint density at radius 3 is 2.21 bits per heavy atom. The van der Waals surface area contributed by atoms with Crippen molar-refractivity contribution in [2.75, 3.05) is 0 Å². The van der Waals surface area contributed by atoms with Gasteiger partial charge in [-0.15, -0.1) is 0 Å². The maximum Gasteiger partial charge on any atom is 0.408 e. The van der Waals surface area contributed by atoms with E-state index in [-0.39, 0.29) is 18.8 Å². The van der Waals surface area contributed by atoms with Gasteiger partial charge in [0.2, 0.25) is 0 Å². The molecule has 7 heteroatoms. The second-order valence-electron chi connectivity index (χ2n) is 5.11. The maximum absolute atomic E-state index is 11.8. The number of carboxylic acid groups (broad SMARTS) is 1. The Kier molecular flexibility index (Phi) is 6.03. The summed E-state index contributed by atoms with van der Waals surface area (Å²) in [6.45, 7) is 0.00848. The zero-order valence-corrected chi connectivity index (χ0v) is 13.4. The molecule has 0 radical (unpaired) electrons. The van der Waals surface area contributed by atoms with E-state index in [1.54, 1.807) is 36.4 Å². The Hall–Kier alpha value is -2.73. The Morgan fingerprint density at radius 1 is 1.04 bits per heavy atom. The van der Waals surface area contributed by atoms with E-state index in [0.717, 1.165) is 5.56 Å². The number of aromatic hydroxyl groups is 1. The van der Waals surface area contributed by atoms with Crippen molar-refractivity contribution in [3.63, 3.8) is 0 Å². The lowest BCUT2D eigenvalue weighted by atomic mass is 10.1. The van der Waals surface area contributed by atoms with Gasteiger partial charge in [-0.3, -0.25) is 0 Å². The molecule has 0 fully saturated rings. The number of carboxylic acids is 1. The Labute approximate surface area is 143 Å². The molecule has 0 saturated heterocycles. The summed E-state index contributed by atoms with van der Waals surface area (Å²) in [4.78, 5) is 23.1. The van der Waals surface area contributed by atoms with Crippen LogP contribution in [0.2, 0.25) is 5.02 Å². The third kappa shape index (κ3) is 5.48. The largest absolute Gasteiger partial charge is 0.508 e. The van der Waals surface area contributed by atoms with E-state index in [2.05, 4.69) is 5.32 Å². The number of phenols is 1. The number of rotatable bonds is 6. The normalized spacial score (nSPS) is 11.5. The number of hydrogen-bond acceptors (Lipinski definition) is 4. The van der Waals surface area contributed by atoms with Crippen LogP contribution in [0.1, 0.15) is 11.1 Å². The molecule has 1 unspecified atom stereocenters. The number of aliphatic carboxylic acids is 1. The van der Waals surface area contributed by atoms with Crippen LogP contribution < -0.4 is 5.32 Å². The fourth-order valence-electron chi connectivity index (χ4n) is 1.98. The van der Waals surface area contributed by atoms with Crippen molar-refractivity contribution in [3.8, 4) is 5.75 Å². The van der Waals surface area contributed by atoms with Crippen LogP contribution in [0.5, 0.6) is 5.75 Å². The molecule has 1 atom stereocenters. The number of ether oxygens (including phenoxy) is 1. The highest BCUT2D eigenvalue weighted by Gasteiger charge is 2.21.